The Morgan fingerprint density at radius 1 is 1.24 bits per heavy atom. The molecule has 0 radical (unpaired) electrons. The highest BCUT2D eigenvalue weighted by atomic mass is 16.7. The Labute approximate surface area is 121 Å². The first-order valence-corrected chi connectivity index (χ1v) is 6.44. The molecule has 9 heteroatoms. The van der Waals surface area contributed by atoms with E-state index in [9.17, 15) is 24.9 Å². The molecule has 21 heavy (non-hydrogen) atoms. The first-order chi connectivity index (χ1) is 9.77. The summed E-state index contributed by atoms with van der Waals surface area (Å²) in [6.07, 6.45) is -6.52. The van der Waals surface area contributed by atoms with E-state index in [1.54, 1.807) is 0 Å². The predicted octanol–water partition coefficient (Wildman–Crippen LogP) is -2.49. The summed E-state index contributed by atoms with van der Waals surface area (Å²) in [6.45, 7) is 2.35. The summed E-state index contributed by atoms with van der Waals surface area (Å²) >= 11 is 0. The van der Waals surface area contributed by atoms with Crippen molar-refractivity contribution in [2.75, 3.05) is 13.7 Å². The number of aliphatic hydroxyl groups is 3. The van der Waals surface area contributed by atoms with Gasteiger partial charge in [-0.15, -0.1) is 0 Å². The number of carbonyl (C=O) groups is 2. The highest BCUT2D eigenvalue weighted by Gasteiger charge is 2.44. The minimum absolute atomic E-state index is 0.354. The number of carbonyl (C=O) groups excluding carboxylic acids is 2. The van der Waals surface area contributed by atoms with E-state index >= 15 is 0 Å². The molecule has 1 fully saturated rings. The Balaban J connectivity index is 2.53. The Bertz CT molecular complexity index is 374. The number of esters is 1. The summed E-state index contributed by atoms with van der Waals surface area (Å²) in [7, 11) is 1.26. The van der Waals surface area contributed by atoms with E-state index in [4.69, 9.17) is 14.2 Å². The lowest BCUT2D eigenvalue weighted by Gasteiger charge is -2.39. The van der Waals surface area contributed by atoms with Crippen molar-refractivity contribution in [3.05, 3.63) is 0 Å². The molecule has 0 saturated carbocycles. The van der Waals surface area contributed by atoms with E-state index in [2.05, 4.69) is 5.32 Å². The molecule has 0 aromatic heterocycles. The molecular formula is C12H21NO8. The molecule has 6 atom stereocenters. The Morgan fingerprint density at radius 3 is 2.38 bits per heavy atom. The largest absolute Gasteiger partial charge is 0.461 e. The van der Waals surface area contributed by atoms with Crippen molar-refractivity contribution < 1.29 is 39.1 Å². The lowest BCUT2D eigenvalue weighted by atomic mass is 9.99. The molecule has 0 aromatic rings. The number of nitrogens with one attached hydrogen (secondary N) is 1. The lowest BCUT2D eigenvalue weighted by Crippen LogP contribution is -2.59. The average Bonchev–Trinajstić information content (AvgIpc) is 2.43. The van der Waals surface area contributed by atoms with Gasteiger partial charge in [0.1, 0.15) is 37.1 Å². The summed E-state index contributed by atoms with van der Waals surface area (Å²) < 4.78 is 14.9. The molecular weight excluding hydrogens is 286 g/mol. The number of aliphatic hydroxyl groups excluding tert-OH is 3. The van der Waals surface area contributed by atoms with Crippen molar-refractivity contribution in [1.29, 1.82) is 0 Å². The molecule has 1 amide bonds. The molecule has 1 heterocycles. The highest BCUT2D eigenvalue weighted by molar-refractivity contribution is 5.82. The normalized spacial score (nSPS) is 34.1. The van der Waals surface area contributed by atoms with Crippen LogP contribution < -0.4 is 5.32 Å². The van der Waals surface area contributed by atoms with Crippen LogP contribution in [0.25, 0.3) is 0 Å². The van der Waals surface area contributed by atoms with Gasteiger partial charge in [-0.2, -0.15) is 0 Å². The van der Waals surface area contributed by atoms with Gasteiger partial charge in [0, 0.05) is 14.0 Å². The van der Waals surface area contributed by atoms with Gasteiger partial charge in [-0.1, -0.05) is 0 Å². The van der Waals surface area contributed by atoms with Crippen LogP contribution in [0.1, 0.15) is 13.8 Å². The van der Waals surface area contributed by atoms with Gasteiger partial charge in [-0.3, -0.25) is 4.79 Å². The zero-order chi connectivity index (χ0) is 16.2. The van der Waals surface area contributed by atoms with Gasteiger partial charge in [-0.05, 0) is 6.92 Å². The summed E-state index contributed by atoms with van der Waals surface area (Å²) in [5, 5.41) is 31.3. The summed E-state index contributed by atoms with van der Waals surface area (Å²) in [5.74, 6) is -1.10. The van der Waals surface area contributed by atoms with Gasteiger partial charge < -0.3 is 34.8 Å². The van der Waals surface area contributed by atoms with Crippen LogP contribution in [0.4, 0.5) is 0 Å². The van der Waals surface area contributed by atoms with Crippen LogP contribution in [0.3, 0.4) is 0 Å². The van der Waals surface area contributed by atoms with E-state index < -0.39 is 42.7 Å². The van der Waals surface area contributed by atoms with Crippen LogP contribution in [0.2, 0.25) is 0 Å². The molecule has 0 spiro atoms. The molecule has 0 aliphatic carbocycles. The van der Waals surface area contributed by atoms with Gasteiger partial charge in [-0.25, -0.2) is 4.79 Å². The molecule has 0 unspecified atom stereocenters. The maximum absolute atomic E-state index is 11.6. The number of ether oxygens (including phenoxy) is 3. The van der Waals surface area contributed by atoms with E-state index in [0.717, 1.165) is 0 Å². The smallest absolute Gasteiger partial charge is 0.328 e. The number of rotatable bonds is 5. The monoisotopic (exact) mass is 307 g/mol. The second-order valence-corrected chi connectivity index (χ2v) is 4.80. The first-order valence-electron chi connectivity index (χ1n) is 6.44. The van der Waals surface area contributed by atoms with Crippen LogP contribution in [0.5, 0.6) is 0 Å². The van der Waals surface area contributed by atoms with E-state index in [-0.39, 0.29) is 12.5 Å². The molecule has 122 valence electrons. The number of methoxy groups -OCH3 is 1. The van der Waals surface area contributed by atoms with Crippen molar-refractivity contribution in [3.8, 4) is 0 Å². The van der Waals surface area contributed by atoms with Gasteiger partial charge in [0.15, 0.2) is 6.29 Å². The summed E-state index contributed by atoms with van der Waals surface area (Å²) in [6, 6.07) is -0.850. The van der Waals surface area contributed by atoms with Gasteiger partial charge in [0.2, 0.25) is 5.91 Å². The molecule has 0 bridgehead atoms. The van der Waals surface area contributed by atoms with Crippen molar-refractivity contribution in [2.24, 2.45) is 0 Å². The van der Waals surface area contributed by atoms with Gasteiger partial charge >= 0.3 is 5.97 Å². The minimum Gasteiger partial charge on any atom is -0.461 e. The number of hydrogen-bond donors (Lipinski definition) is 4. The van der Waals surface area contributed by atoms with Crippen LogP contribution in [0.15, 0.2) is 0 Å². The van der Waals surface area contributed by atoms with E-state index in [1.807, 2.05) is 0 Å². The second-order valence-electron chi connectivity index (χ2n) is 4.80. The van der Waals surface area contributed by atoms with Crippen molar-refractivity contribution in [2.45, 2.75) is 50.6 Å². The Kier molecular flexibility index (Phi) is 6.49. The van der Waals surface area contributed by atoms with Crippen LogP contribution >= 0.6 is 0 Å². The standard InChI is InChI=1S/C12H21NO8/c1-5(13-6(2)14)11(18)20-4-7-8(15)9(16)10(17)12(19-3)21-7/h5,7-10,12,15-17H,4H2,1-3H3,(H,13,14)/t5-,7+,8+,9-,10+,12+/m0/s1. The van der Waals surface area contributed by atoms with E-state index in [1.165, 1.54) is 21.0 Å². The van der Waals surface area contributed by atoms with Crippen molar-refractivity contribution in [3.63, 3.8) is 0 Å². The summed E-state index contributed by atoms with van der Waals surface area (Å²) in [4.78, 5) is 22.4. The minimum atomic E-state index is -1.49. The number of hydrogen-bond acceptors (Lipinski definition) is 8. The Hall–Kier alpha value is -1.26. The molecule has 1 aliphatic rings. The topological polar surface area (TPSA) is 135 Å². The SMILES string of the molecule is CO[C@@H]1O[C@H](COC(=O)[C@H](C)NC(C)=O)[C@@H](O)[C@H](O)[C@H]1O. The fourth-order valence-electron chi connectivity index (χ4n) is 1.90. The Morgan fingerprint density at radius 2 is 1.86 bits per heavy atom. The van der Waals surface area contributed by atoms with Crippen LogP contribution in [-0.2, 0) is 23.8 Å². The van der Waals surface area contributed by atoms with Crippen molar-refractivity contribution in [1.82, 2.24) is 5.32 Å². The quantitative estimate of drug-likeness (QED) is 0.410. The molecule has 1 saturated heterocycles. The second kappa shape index (κ2) is 7.66. The zero-order valence-electron chi connectivity index (χ0n) is 12.1. The van der Waals surface area contributed by atoms with Gasteiger partial charge in [0.25, 0.3) is 0 Å². The third-order valence-corrected chi connectivity index (χ3v) is 3.06. The molecule has 0 aromatic carbocycles. The van der Waals surface area contributed by atoms with Crippen LogP contribution in [0, 0.1) is 0 Å². The predicted molar refractivity (Wildman–Crippen MR) is 67.9 cm³/mol. The molecule has 9 nitrogen and oxygen atoms in total. The maximum Gasteiger partial charge on any atom is 0.328 e. The molecule has 4 N–H and O–H groups in total. The fraction of sp³-hybridized carbons (Fsp3) is 0.833. The third-order valence-electron chi connectivity index (χ3n) is 3.06. The maximum atomic E-state index is 11.6. The lowest BCUT2D eigenvalue weighted by molar-refractivity contribution is -0.295. The van der Waals surface area contributed by atoms with E-state index in [0.29, 0.717) is 0 Å². The van der Waals surface area contributed by atoms with Crippen LogP contribution in [-0.4, -0.2) is 77.7 Å². The molecule has 1 aliphatic heterocycles. The number of amides is 1. The molecule has 1 rings (SSSR count). The average molecular weight is 307 g/mol. The third kappa shape index (κ3) is 4.61. The highest BCUT2D eigenvalue weighted by Crippen LogP contribution is 2.21. The van der Waals surface area contributed by atoms with Gasteiger partial charge in [0.05, 0.1) is 0 Å². The first kappa shape index (κ1) is 17.8. The fourth-order valence-corrected chi connectivity index (χ4v) is 1.90. The zero-order valence-corrected chi connectivity index (χ0v) is 12.1. The van der Waals surface area contributed by atoms with Crippen molar-refractivity contribution >= 4 is 11.9 Å². The summed E-state index contributed by atoms with van der Waals surface area (Å²) in [5.41, 5.74) is 0.